The highest BCUT2D eigenvalue weighted by atomic mass is 35.5. The highest BCUT2D eigenvalue weighted by Gasteiger charge is 2.45. The second kappa shape index (κ2) is 9.12. The zero-order valence-electron chi connectivity index (χ0n) is 17.0. The third-order valence-corrected chi connectivity index (χ3v) is 5.07. The number of ether oxygens (including phenoxy) is 2. The number of amides is 1. The Morgan fingerprint density at radius 3 is 2.29 bits per heavy atom. The van der Waals surface area contributed by atoms with Crippen LogP contribution in [-0.4, -0.2) is 47.9 Å². The molecule has 1 amide bonds. The lowest BCUT2D eigenvalue weighted by molar-refractivity contribution is -0.145. The van der Waals surface area contributed by atoms with Gasteiger partial charge >= 0.3 is 12.1 Å². The number of rotatable bonds is 5. The molecule has 1 fully saturated rings. The zero-order valence-corrected chi connectivity index (χ0v) is 17.7. The van der Waals surface area contributed by atoms with E-state index < -0.39 is 29.3 Å². The van der Waals surface area contributed by atoms with Gasteiger partial charge in [0.2, 0.25) is 0 Å². The summed E-state index contributed by atoms with van der Waals surface area (Å²) >= 11 is 5.96. The van der Waals surface area contributed by atoms with Crippen LogP contribution in [0, 0.1) is 0 Å². The van der Waals surface area contributed by atoms with Gasteiger partial charge in [-0.1, -0.05) is 23.7 Å². The molecule has 0 aliphatic carbocycles. The summed E-state index contributed by atoms with van der Waals surface area (Å²) < 4.78 is 26.4. The van der Waals surface area contributed by atoms with Gasteiger partial charge in [-0.3, -0.25) is 4.79 Å². The zero-order chi connectivity index (χ0) is 20.9. The standard InChI is InChI=1S/C21H29ClFNO4/c1-5-27-18(25)14-17(15-6-8-16(22)9-7-15)21(23)10-12-24(13-11-21)19(26)28-20(2,3)4/h6-9,17H,5,10-14H2,1-4H3. The number of esters is 1. The number of nitrogens with zero attached hydrogens (tertiary/aromatic N) is 1. The van der Waals surface area contributed by atoms with Crippen LogP contribution in [0.5, 0.6) is 0 Å². The van der Waals surface area contributed by atoms with Crippen LogP contribution < -0.4 is 0 Å². The maximum absolute atomic E-state index is 16.0. The van der Waals surface area contributed by atoms with Crippen LogP contribution in [0.15, 0.2) is 24.3 Å². The number of alkyl halides is 1. The van der Waals surface area contributed by atoms with Crippen LogP contribution in [0.3, 0.4) is 0 Å². The van der Waals surface area contributed by atoms with Crippen LogP contribution in [0.2, 0.25) is 5.02 Å². The first-order valence-electron chi connectivity index (χ1n) is 9.62. The molecule has 1 aromatic carbocycles. The molecule has 5 nitrogen and oxygen atoms in total. The molecule has 28 heavy (non-hydrogen) atoms. The maximum atomic E-state index is 16.0. The lowest BCUT2D eigenvalue weighted by atomic mass is 9.75. The Hall–Kier alpha value is -1.82. The first-order valence-corrected chi connectivity index (χ1v) is 10.00. The van der Waals surface area contributed by atoms with Gasteiger partial charge in [0, 0.05) is 24.0 Å². The minimum Gasteiger partial charge on any atom is -0.466 e. The van der Waals surface area contributed by atoms with E-state index in [0.29, 0.717) is 10.6 Å². The topological polar surface area (TPSA) is 55.8 Å². The number of benzene rings is 1. The van der Waals surface area contributed by atoms with Gasteiger partial charge in [0.25, 0.3) is 0 Å². The Kier molecular flexibility index (Phi) is 7.32. The van der Waals surface area contributed by atoms with Crippen LogP contribution >= 0.6 is 11.6 Å². The van der Waals surface area contributed by atoms with Crippen LogP contribution in [0.25, 0.3) is 0 Å². The van der Waals surface area contributed by atoms with E-state index in [0.717, 1.165) is 0 Å². The smallest absolute Gasteiger partial charge is 0.410 e. The number of halogens is 2. The van der Waals surface area contributed by atoms with Crippen molar-refractivity contribution in [3.63, 3.8) is 0 Å². The summed E-state index contributed by atoms with van der Waals surface area (Å²) in [5, 5.41) is 0.547. The molecule has 0 radical (unpaired) electrons. The van der Waals surface area contributed by atoms with Crippen LogP contribution in [0.4, 0.5) is 9.18 Å². The lowest BCUT2D eigenvalue weighted by Crippen LogP contribution is -2.48. The molecule has 2 rings (SSSR count). The summed E-state index contributed by atoms with van der Waals surface area (Å²) in [5.41, 5.74) is -1.53. The third kappa shape index (κ3) is 6.09. The molecule has 7 heteroatoms. The van der Waals surface area contributed by atoms with E-state index in [9.17, 15) is 9.59 Å². The van der Waals surface area contributed by atoms with Crippen molar-refractivity contribution >= 4 is 23.7 Å². The molecular weight excluding hydrogens is 385 g/mol. The average Bonchev–Trinajstić information content (AvgIpc) is 2.60. The number of carbonyl (C=O) groups is 2. The molecule has 1 heterocycles. The predicted molar refractivity (Wildman–Crippen MR) is 106 cm³/mol. The minimum atomic E-state index is -1.63. The number of hydrogen-bond acceptors (Lipinski definition) is 4. The van der Waals surface area contributed by atoms with Gasteiger partial charge in [0.15, 0.2) is 0 Å². The minimum absolute atomic E-state index is 0.0571. The fourth-order valence-electron chi connectivity index (χ4n) is 3.42. The Morgan fingerprint density at radius 2 is 1.79 bits per heavy atom. The fraction of sp³-hybridized carbons (Fsp3) is 0.619. The summed E-state index contributed by atoms with van der Waals surface area (Å²) in [6, 6.07) is 6.87. The van der Waals surface area contributed by atoms with Crippen molar-refractivity contribution in [2.75, 3.05) is 19.7 Å². The maximum Gasteiger partial charge on any atom is 0.410 e. The van der Waals surface area contributed by atoms with E-state index in [4.69, 9.17) is 21.1 Å². The van der Waals surface area contributed by atoms with Gasteiger partial charge in [-0.2, -0.15) is 0 Å². The van der Waals surface area contributed by atoms with Crippen molar-refractivity contribution in [1.29, 1.82) is 0 Å². The first-order chi connectivity index (χ1) is 13.0. The van der Waals surface area contributed by atoms with E-state index in [1.54, 1.807) is 52.0 Å². The van der Waals surface area contributed by atoms with Crippen LogP contribution in [0.1, 0.15) is 58.4 Å². The Bertz CT molecular complexity index is 679. The molecule has 0 bridgehead atoms. The van der Waals surface area contributed by atoms with Gasteiger partial charge in [0.1, 0.15) is 11.3 Å². The molecule has 0 N–H and O–H groups in total. The van der Waals surface area contributed by atoms with Crippen molar-refractivity contribution < 1.29 is 23.5 Å². The molecule has 0 aromatic heterocycles. The largest absolute Gasteiger partial charge is 0.466 e. The van der Waals surface area contributed by atoms with E-state index in [1.807, 2.05) is 0 Å². The van der Waals surface area contributed by atoms with E-state index in [2.05, 4.69) is 0 Å². The predicted octanol–water partition coefficient (Wildman–Crippen LogP) is 5.12. The quantitative estimate of drug-likeness (QED) is 0.629. The van der Waals surface area contributed by atoms with Crippen molar-refractivity contribution in [2.45, 2.75) is 64.1 Å². The molecule has 156 valence electrons. The molecule has 0 spiro atoms. The van der Waals surface area contributed by atoms with Crippen molar-refractivity contribution in [3.8, 4) is 0 Å². The van der Waals surface area contributed by atoms with E-state index >= 15 is 4.39 Å². The van der Waals surface area contributed by atoms with Crippen molar-refractivity contribution in [3.05, 3.63) is 34.9 Å². The molecule has 1 atom stereocenters. The van der Waals surface area contributed by atoms with E-state index in [-0.39, 0.29) is 39.0 Å². The van der Waals surface area contributed by atoms with Gasteiger partial charge in [0.05, 0.1) is 13.0 Å². The summed E-state index contributed by atoms with van der Waals surface area (Å²) in [6.07, 6.45) is -0.251. The second-order valence-electron chi connectivity index (χ2n) is 8.12. The monoisotopic (exact) mass is 413 g/mol. The van der Waals surface area contributed by atoms with Gasteiger partial charge in [-0.25, -0.2) is 9.18 Å². The van der Waals surface area contributed by atoms with Gasteiger partial charge in [-0.15, -0.1) is 0 Å². The van der Waals surface area contributed by atoms with E-state index in [1.165, 1.54) is 4.90 Å². The molecule has 1 aromatic rings. The molecule has 1 aliphatic heterocycles. The molecule has 0 saturated carbocycles. The highest BCUT2D eigenvalue weighted by Crippen LogP contribution is 2.43. The van der Waals surface area contributed by atoms with Crippen molar-refractivity contribution in [1.82, 2.24) is 4.90 Å². The Morgan fingerprint density at radius 1 is 1.21 bits per heavy atom. The number of hydrogen-bond donors (Lipinski definition) is 0. The highest BCUT2D eigenvalue weighted by molar-refractivity contribution is 6.30. The summed E-state index contributed by atoms with van der Waals surface area (Å²) in [4.78, 5) is 25.9. The second-order valence-corrected chi connectivity index (χ2v) is 8.55. The summed E-state index contributed by atoms with van der Waals surface area (Å²) in [6.45, 7) is 7.83. The Balaban J connectivity index is 2.15. The molecule has 1 unspecified atom stereocenters. The lowest BCUT2D eigenvalue weighted by Gasteiger charge is -2.41. The number of carbonyl (C=O) groups excluding carboxylic acids is 2. The number of likely N-dealkylation sites (tertiary alicyclic amines) is 1. The normalized spacial score (nSPS) is 17.7. The summed E-state index contributed by atoms with van der Waals surface area (Å²) in [7, 11) is 0. The van der Waals surface area contributed by atoms with Crippen LogP contribution in [-0.2, 0) is 14.3 Å². The average molecular weight is 414 g/mol. The first kappa shape index (κ1) is 22.5. The summed E-state index contributed by atoms with van der Waals surface area (Å²) in [5.74, 6) is -1.10. The van der Waals surface area contributed by atoms with Gasteiger partial charge < -0.3 is 14.4 Å². The SMILES string of the molecule is CCOC(=O)CC(c1ccc(Cl)cc1)C1(F)CCN(C(=O)OC(C)(C)C)CC1. The van der Waals surface area contributed by atoms with Gasteiger partial charge in [-0.05, 0) is 58.2 Å². The molecular formula is C21H29ClFNO4. The van der Waals surface area contributed by atoms with Crippen molar-refractivity contribution in [2.24, 2.45) is 0 Å². The third-order valence-electron chi connectivity index (χ3n) is 4.82. The molecule has 1 saturated heterocycles. The Labute approximate surface area is 171 Å². The molecule has 1 aliphatic rings. The number of piperidine rings is 1. The fourth-order valence-corrected chi connectivity index (χ4v) is 3.54.